The SMILES string of the molecule is Cc1ccc(OCC(=O)NC[C@@H]2OCCN(C)[C@H]2c2ccnn2C)cc1. The largest absolute Gasteiger partial charge is 0.484 e. The van der Waals surface area contributed by atoms with Crippen molar-refractivity contribution >= 4 is 5.91 Å². The van der Waals surface area contributed by atoms with E-state index in [9.17, 15) is 4.79 Å². The third-order valence-corrected chi connectivity index (χ3v) is 4.66. The molecule has 1 saturated heterocycles. The number of nitrogens with zero attached hydrogens (tertiary/aromatic N) is 3. The third kappa shape index (κ3) is 4.42. The summed E-state index contributed by atoms with van der Waals surface area (Å²) < 4.78 is 13.3. The molecule has 1 aromatic carbocycles. The summed E-state index contributed by atoms with van der Waals surface area (Å²) in [5, 5.41) is 7.17. The predicted octanol–water partition coefficient (Wildman–Crippen LogP) is 1.30. The van der Waals surface area contributed by atoms with E-state index in [2.05, 4.69) is 22.4 Å². The molecule has 0 aliphatic carbocycles. The van der Waals surface area contributed by atoms with E-state index in [0.717, 1.165) is 17.8 Å². The topological polar surface area (TPSA) is 68.6 Å². The summed E-state index contributed by atoms with van der Waals surface area (Å²) in [5.41, 5.74) is 2.23. The highest BCUT2D eigenvalue weighted by atomic mass is 16.5. The standard InChI is InChI=1S/C19H26N4O3/c1-14-4-6-15(7-5-14)26-13-18(24)20-12-17-19(22(2)10-11-25-17)16-8-9-21-23(16)3/h4-9,17,19H,10-13H2,1-3H3,(H,20,24)/t17-,19-/m0/s1. The fraction of sp³-hybridized carbons (Fsp3) is 0.474. The first kappa shape index (κ1) is 18.4. The zero-order valence-electron chi connectivity index (χ0n) is 15.5. The number of nitrogens with one attached hydrogen (secondary N) is 1. The maximum Gasteiger partial charge on any atom is 0.258 e. The Balaban J connectivity index is 1.54. The molecule has 1 aliphatic rings. The van der Waals surface area contributed by atoms with Gasteiger partial charge in [-0.05, 0) is 32.2 Å². The second-order valence-corrected chi connectivity index (χ2v) is 6.62. The van der Waals surface area contributed by atoms with Crippen molar-refractivity contribution < 1.29 is 14.3 Å². The van der Waals surface area contributed by atoms with Crippen LogP contribution >= 0.6 is 0 Å². The molecule has 0 unspecified atom stereocenters. The van der Waals surface area contributed by atoms with Crippen LogP contribution in [0.5, 0.6) is 5.75 Å². The maximum absolute atomic E-state index is 12.1. The average molecular weight is 358 g/mol. The van der Waals surface area contributed by atoms with Crippen LogP contribution in [0.25, 0.3) is 0 Å². The minimum absolute atomic E-state index is 0.0119. The molecule has 1 aromatic heterocycles. The first-order valence-electron chi connectivity index (χ1n) is 8.80. The van der Waals surface area contributed by atoms with E-state index in [-0.39, 0.29) is 24.7 Å². The van der Waals surface area contributed by atoms with Gasteiger partial charge in [0.2, 0.25) is 0 Å². The second-order valence-electron chi connectivity index (χ2n) is 6.62. The lowest BCUT2D eigenvalue weighted by Gasteiger charge is -2.39. The van der Waals surface area contributed by atoms with Crippen LogP contribution in [0, 0.1) is 6.92 Å². The van der Waals surface area contributed by atoms with E-state index in [1.165, 1.54) is 0 Å². The molecule has 0 radical (unpaired) electrons. The van der Waals surface area contributed by atoms with Crippen LogP contribution in [-0.4, -0.2) is 60.0 Å². The highest BCUT2D eigenvalue weighted by Crippen LogP contribution is 2.27. The molecule has 1 N–H and O–H groups in total. The van der Waals surface area contributed by atoms with Crippen LogP contribution in [0.1, 0.15) is 17.3 Å². The Hall–Kier alpha value is -2.38. The van der Waals surface area contributed by atoms with Gasteiger partial charge < -0.3 is 14.8 Å². The molecule has 1 aliphatic heterocycles. The van der Waals surface area contributed by atoms with Gasteiger partial charge in [-0.2, -0.15) is 5.10 Å². The van der Waals surface area contributed by atoms with E-state index in [1.54, 1.807) is 6.20 Å². The van der Waals surface area contributed by atoms with E-state index >= 15 is 0 Å². The molecular formula is C19H26N4O3. The van der Waals surface area contributed by atoms with Crippen molar-refractivity contribution in [2.24, 2.45) is 7.05 Å². The van der Waals surface area contributed by atoms with Crippen molar-refractivity contribution in [3.63, 3.8) is 0 Å². The summed E-state index contributed by atoms with van der Waals surface area (Å²) in [7, 11) is 3.98. The number of likely N-dealkylation sites (N-methyl/N-ethyl adjacent to an activating group) is 1. The summed E-state index contributed by atoms with van der Waals surface area (Å²) in [6.07, 6.45) is 1.65. The number of carbonyl (C=O) groups is 1. The molecule has 7 heteroatoms. The fourth-order valence-corrected chi connectivity index (χ4v) is 3.17. The molecule has 1 fully saturated rings. The van der Waals surface area contributed by atoms with E-state index in [1.807, 2.05) is 49.0 Å². The molecule has 1 amide bonds. The highest BCUT2D eigenvalue weighted by molar-refractivity contribution is 5.77. The molecular weight excluding hydrogens is 332 g/mol. The molecule has 0 bridgehead atoms. The zero-order chi connectivity index (χ0) is 18.5. The van der Waals surface area contributed by atoms with E-state index in [4.69, 9.17) is 9.47 Å². The van der Waals surface area contributed by atoms with Crippen LogP contribution < -0.4 is 10.1 Å². The van der Waals surface area contributed by atoms with Gasteiger partial charge >= 0.3 is 0 Å². The van der Waals surface area contributed by atoms with Crippen molar-refractivity contribution in [2.45, 2.75) is 19.1 Å². The van der Waals surface area contributed by atoms with Crippen molar-refractivity contribution in [3.05, 3.63) is 47.8 Å². The Kier molecular flexibility index (Phi) is 5.90. The molecule has 0 spiro atoms. The first-order valence-corrected chi connectivity index (χ1v) is 8.80. The van der Waals surface area contributed by atoms with Crippen molar-refractivity contribution in [1.29, 1.82) is 0 Å². The molecule has 0 saturated carbocycles. The third-order valence-electron chi connectivity index (χ3n) is 4.66. The monoisotopic (exact) mass is 358 g/mol. The van der Waals surface area contributed by atoms with Gasteiger partial charge in [0, 0.05) is 26.3 Å². The molecule has 7 nitrogen and oxygen atoms in total. The smallest absolute Gasteiger partial charge is 0.258 e. The van der Waals surface area contributed by atoms with Gasteiger partial charge in [0.05, 0.1) is 24.4 Å². The number of morpholine rings is 1. The number of benzene rings is 1. The van der Waals surface area contributed by atoms with E-state index in [0.29, 0.717) is 18.9 Å². The molecule has 2 heterocycles. The van der Waals surface area contributed by atoms with Crippen molar-refractivity contribution in [1.82, 2.24) is 20.0 Å². The molecule has 26 heavy (non-hydrogen) atoms. The van der Waals surface area contributed by atoms with Crippen LogP contribution in [0.2, 0.25) is 0 Å². The van der Waals surface area contributed by atoms with Gasteiger partial charge in [0.1, 0.15) is 5.75 Å². The highest BCUT2D eigenvalue weighted by Gasteiger charge is 2.33. The van der Waals surface area contributed by atoms with Gasteiger partial charge in [-0.3, -0.25) is 14.4 Å². The number of hydrogen-bond donors (Lipinski definition) is 1. The Morgan fingerprint density at radius 2 is 2.08 bits per heavy atom. The van der Waals surface area contributed by atoms with Gasteiger partial charge in [-0.15, -0.1) is 0 Å². The number of aryl methyl sites for hydroxylation is 2. The average Bonchev–Trinajstić information content (AvgIpc) is 3.05. The quantitative estimate of drug-likeness (QED) is 0.843. The zero-order valence-corrected chi connectivity index (χ0v) is 15.5. The summed E-state index contributed by atoms with van der Waals surface area (Å²) in [4.78, 5) is 14.4. The van der Waals surface area contributed by atoms with Crippen LogP contribution in [0.3, 0.4) is 0 Å². The van der Waals surface area contributed by atoms with Gasteiger partial charge in [-0.1, -0.05) is 17.7 Å². The fourth-order valence-electron chi connectivity index (χ4n) is 3.17. The Morgan fingerprint density at radius 1 is 1.31 bits per heavy atom. The van der Waals surface area contributed by atoms with Crippen LogP contribution in [-0.2, 0) is 16.6 Å². The van der Waals surface area contributed by atoms with Crippen LogP contribution in [0.15, 0.2) is 36.5 Å². The molecule has 2 atom stereocenters. The minimum Gasteiger partial charge on any atom is -0.484 e. The summed E-state index contributed by atoms with van der Waals surface area (Å²) in [5.74, 6) is 0.526. The second kappa shape index (κ2) is 8.33. The first-order chi connectivity index (χ1) is 12.5. The number of amides is 1. The number of ether oxygens (including phenoxy) is 2. The number of rotatable bonds is 6. The minimum atomic E-state index is -0.161. The maximum atomic E-state index is 12.1. The normalized spacial score (nSPS) is 20.7. The lowest BCUT2D eigenvalue weighted by Crippen LogP contribution is -2.49. The Morgan fingerprint density at radius 3 is 2.77 bits per heavy atom. The Labute approximate surface area is 153 Å². The van der Waals surface area contributed by atoms with Gasteiger partial charge in [0.25, 0.3) is 5.91 Å². The molecule has 3 rings (SSSR count). The number of hydrogen-bond acceptors (Lipinski definition) is 5. The lowest BCUT2D eigenvalue weighted by atomic mass is 10.0. The molecule has 140 valence electrons. The number of aromatic nitrogens is 2. The van der Waals surface area contributed by atoms with Crippen molar-refractivity contribution in [2.75, 3.05) is 33.4 Å². The summed E-state index contributed by atoms with van der Waals surface area (Å²) in [6.45, 7) is 3.91. The van der Waals surface area contributed by atoms with Gasteiger partial charge in [-0.25, -0.2) is 0 Å². The van der Waals surface area contributed by atoms with Gasteiger partial charge in [0.15, 0.2) is 6.61 Å². The summed E-state index contributed by atoms with van der Waals surface area (Å²) >= 11 is 0. The molecule has 2 aromatic rings. The number of carbonyl (C=O) groups excluding carboxylic acids is 1. The predicted molar refractivity (Wildman–Crippen MR) is 98.0 cm³/mol. The summed E-state index contributed by atoms with van der Waals surface area (Å²) in [6, 6.07) is 9.68. The van der Waals surface area contributed by atoms with E-state index < -0.39 is 0 Å². The van der Waals surface area contributed by atoms with Crippen molar-refractivity contribution in [3.8, 4) is 5.75 Å². The Bertz CT molecular complexity index is 729. The lowest BCUT2D eigenvalue weighted by molar-refractivity contribution is -0.125. The van der Waals surface area contributed by atoms with Crippen LogP contribution in [0.4, 0.5) is 0 Å².